The van der Waals surface area contributed by atoms with Crippen molar-refractivity contribution >= 4 is 18.7 Å². The highest BCUT2D eigenvalue weighted by Crippen LogP contribution is 2.37. The fourth-order valence-corrected chi connectivity index (χ4v) is 3.57. The maximum Gasteiger partial charge on any atom is 0.495 e. The van der Waals surface area contributed by atoms with Crippen LogP contribution in [0.4, 0.5) is 4.79 Å². The van der Waals surface area contributed by atoms with E-state index in [1.165, 1.54) is 0 Å². The average molecular weight is 461 g/mol. The Balaban J connectivity index is 2.00. The summed E-state index contributed by atoms with van der Waals surface area (Å²) in [6.45, 7) is 24.4. The fourth-order valence-electron chi connectivity index (χ4n) is 3.57. The first kappa shape index (κ1) is 27.7. The number of hydrogen-bond acceptors (Lipinski definition) is 5. The first-order chi connectivity index (χ1) is 14.7. The summed E-state index contributed by atoms with van der Waals surface area (Å²) in [4.78, 5) is 12.1. The molecule has 6 nitrogen and oxygen atoms in total. The fraction of sp³-hybridized carbons (Fsp3) is 0.731. The van der Waals surface area contributed by atoms with Gasteiger partial charge in [-0.1, -0.05) is 23.8 Å². The molecule has 186 valence electrons. The maximum absolute atomic E-state index is 12.1. The summed E-state index contributed by atoms with van der Waals surface area (Å²) in [7, 11) is -0.382. The number of ether oxygens (including phenoxy) is 2. The third-order valence-corrected chi connectivity index (χ3v) is 6.50. The molecule has 33 heavy (non-hydrogen) atoms. The summed E-state index contributed by atoms with van der Waals surface area (Å²) in [5, 5.41) is 2.93. The Hall–Kier alpha value is -1.57. The van der Waals surface area contributed by atoms with Gasteiger partial charge < -0.3 is 24.1 Å². The summed E-state index contributed by atoms with van der Waals surface area (Å²) < 4.78 is 24.1. The van der Waals surface area contributed by atoms with Gasteiger partial charge >= 0.3 is 13.2 Å². The largest absolute Gasteiger partial charge is 0.495 e. The van der Waals surface area contributed by atoms with Crippen LogP contribution in [0.15, 0.2) is 18.2 Å². The number of aryl methyl sites for hydroxylation is 1. The van der Waals surface area contributed by atoms with Crippen LogP contribution in [0.2, 0.25) is 0 Å². The van der Waals surface area contributed by atoms with Crippen LogP contribution < -0.4 is 10.8 Å². The van der Waals surface area contributed by atoms with Gasteiger partial charge in [0, 0.05) is 12.1 Å². The molecule has 0 aliphatic carbocycles. The topological polar surface area (TPSA) is 66.0 Å². The van der Waals surface area contributed by atoms with Crippen LogP contribution in [0.1, 0.15) is 93.7 Å². The number of carbonyl (C=O) groups excluding carboxylic acids is 1. The molecule has 1 N–H and O–H groups in total. The third-order valence-electron chi connectivity index (χ3n) is 6.50. The van der Waals surface area contributed by atoms with E-state index < -0.39 is 22.8 Å². The molecule has 0 spiro atoms. The van der Waals surface area contributed by atoms with E-state index in [0.717, 1.165) is 16.6 Å². The Kier molecular flexibility index (Phi) is 7.75. The summed E-state index contributed by atoms with van der Waals surface area (Å²) in [5.74, 6) is 0. The van der Waals surface area contributed by atoms with Crippen LogP contribution in [-0.4, -0.2) is 42.2 Å². The molecule has 0 bridgehead atoms. The van der Waals surface area contributed by atoms with E-state index in [0.29, 0.717) is 13.0 Å². The highest BCUT2D eigenvalue weighted by atomic mass is 16.7. The Morgan fingerprint density at radius 1 is 1.00 bits per heavy atom. The molecule has 1 fully saturated rings. The molecule has 0 aromatic heterocycles. The lowest BCUT2D eigenvalue weighted by atomic mass is 9.75. The standard InChI is InChI=1S/C26H44BNO5/c1-18-17-19(13-14-20(18)27-32-25(9,10)26(11,12)33-27)24(7,8)30-16-15-23(5,6)28-21(29)31-22(2,3)4/h13-14,17H,15-16H2,1-12H3,(H,28,29). The van der Waals surface area contributed by atoms with E-state index in [1.54, 1.807) is 0 Å². The lowest BCUT2D eigenvalue weighted by Gasteiger charge is -2.32. The normalized spacial score (nSPS) is 18.4. The van der Waals surface area contributed by atoms with Crippen LogP contribution in [0.3, 0.4) is 0 Å². The van der Waals surface area contributed by atoms with Gasteiger partial charge in [0.05, 0.1) is 16.8 Å². The molecule has 1 saturated heterocycles. The Morgan fingerprint density at radius 3 is 2.03 bits per heavy atom. The summed E-state index contributed by atoms with van der Waals surface area (Å²) in [5.41, 5.74) is 1.03. The van der Waals surface area contributed by atoms with Gasteiger partial charge in [0.2, 0.25) is 0 Å². The van der Waals surface area contributed by atoms with Crippen molar-refractivity contribution in [3.05, 3.63) is 29.3 Å². The predicted molar refractivity (Wildman–Crippen MR) is 134 cm³/mol. The Morgan fingerprint density at radius 2 is 1.55 bits per heavy atom. The molecular weight excluding hydrogens is 417 g/mol. The molecule has 0 unspecified atom stereocenters. The number of rotatable bonds is 7. The van der Waals surface area contributed by atoms with Crippen LogP contribution in [-0.2, 0) is 24.4 Å². The van der Waals surface area contributed by atoms with E-state index in [4.69, 9.17) is 18.8 Å². The number of alkyl carbamates (subject to hydrolysis) is 1. The van der Waals surface area contributed by atoms with Crippen molar-refractivity contribution in [1.82, 2.24) is 5.32 Å². The van der Waals surface area contributed by atoms with Crippen molar-refractivity contribution in [2.75, 3.05) is 6.61 Å². The van der Waals surface area contributed by atoms with Gasteiger partial charge in [0.1, 0.15) is 5.60 Å². The van der Waals surface area contributed by atoms with Crippen molar-refractivity contribution in [2.45, 2.75) is 117 Å². The molecule has 1 amide bonds. The first-order valence-electron chi connectivity index (χ1n) is 11.9. The molecule has 1 aliphatic rings. The third kappa shape index (κ3) is 7.21. The smallest absolute Gasteiger partial charge is 0.444 e. The molecule has 0 radical (unpaired) electrons. The second-order valence-corrected chi connectivity index (χ2v) is 12.3. The number of amides is 1. The SMILES string of the molecule is Cc1cc(C(C)(C)OCCC(C)(C)NC(=O)OC(C)(C)C)ccc1B1OC(C)(C)C(C)(C)O1. The maximum atomic E-state index is 12.1. The molecule has 2 rings (SSSR count). The van der Waals surface area contributed by atoms with Crippen LogP contribution in [0.25, 0.3) is 0 Å². The highest BCUT2D eigenvalue weighted by Gasteiger charge is 2.52. The predicted octanol–water partition coefficient (Wildman–Crippen LogP) is 5.24. The Bertz CT molecular complexity index is 839. The summed E-state index contributed by atoms with van der Waals surface area (Å²) in [6.07, 6.45) is 0.237. The zero-order chi connectivity index (χ0) is 25.5. The molecular formula is C26H44BNO5. The molecule has 0 saturated carbocycles. The van der Waals surface area contributed by atoms with Crippen molar-refractivity contribution in [3.63, 3.8) is 0 Å². The quantitative estimate of drug-likeness (QED) is 0.563. The van der Waals surface area contributed by atoms with Crippen LogP contribution >= 0.6 is 0 Å². The van der Waals surface area contributed by atoms with E-state index in [-0.39, 0.29) is 18.3 Å². The van der Waals surface area contributed by atoms with Crippen molar-refractivity contribution in [3.8, 4) is 0 Å². The second kappa shape index (κ2) is 9.24. The van der Waals surface area contributed by atoms with Gasteiger partial charge in [-0.05, 0) is 101 Å². The van der Waals surface area contributed by atoms with Crippen LogP contribution in [0, 0.1) is 6.92 Å². The van der Waals surface area contributed by atoms with Gasteiger partial charge in [-0.3, -0.25) is 0 Å². The molecule has 1 heterocycles. The van der Waals surface area contributed by atoms with E-state index in [1.807, 2.05) is 34.6 Å². The van der Waals surface area contributed by atoms with Crippen molar-refractivity contribution < 1.29 is 23.6 Å². The summed E-state index contributed by atoms with van der Waals surface area (Å²) >= 11 is 0. The van der Waals surface area contributed by atoms with E-state index in [2.05, 4.69) is 72.0 Å². The second-order valence-electron chi connectivity index (χ2n) is 12.3. The molecule has 7 heteroatoms. The minimum absolute atomic E-state index is 0.370. The zero-order valence-electron chi connectivity index (χ0n) is 22.8. The molecule has 1 aromatic rings. The van der Waals surface area contributed by atoms with Gasteiger partial charge in [-0.2, -0.15) is 0 Å². The molecule has 0 atom stereocenters. The van der Waals surface area contributed by atoms with Gasteiger partial charge in [0.15, 0.2) is 0 Å². The lowest BCUT2D eigenvalue weighted by molar-refractivity contribution is -0.0300. The van der Waals surface area contributed by atoms with Crippen LogP contribution in [0.5, 0.6) is 0 Å². The van der Waals surface area contributed by atoms with E-state index in [9.17, 15) is 4.79 Å². The average Bonchev–Trinajstić information content (AvgIpc) is 2.79. The van der Waals surface area contributed by atoms with Gasteiger partial charge in [-0.25, -0.2) is 4.79 Å². The monoisotopic (exact) mass is 461 g/mol. The van der Waals surface area contributed by atoms with Gasteiger partial charge in [0.25, 0.3) is 0 Å². The minimum atomic E-state index is -0.525. The number of nitrogens with one attached hydrogen (secondary N) is 1. The zero-order valence-corrected chi connectivity index (χ0v) is 22.8. The molecule has 1 aliphatic heterocycles. The Labute approximate surface area is 201 Å². The lowest BCUT2D eigenvalue weighted by Crippen LogP contribution is -2.46. The van der Waals surface area contributed by atoms with Crippen molar-refractivity contribution in [1.29, 1.82) is 0 Å². The number of hydrogen-bond donors (Lipinski definition) is 1. The summed E-state index contributed by atoms with van der Waals surface area (Å²) in [6, 6.07) is 6.30. The minimum Gasteiger partial charge on any atom is -0.444 e. The highest BCUT2D eigenvalue weighted by molar-refractivity contribution is 6.62. The van der Waals surface area contributed by atoms with Gasteiger partial charge in [-0.15, -0.1) is 0 Å². The van der Waals surface area contributed by atoms with Crippen molar-refractivity contribution in [2.24, 2.45) is 0 Å². The number of carbonyl (C=O) groups is 1. The van der Waals surface area contributed by atoms with E-state index >= 15 is 0 Å². The molecule has 1 aromatic carbocycles. The first-order valence-corrected chi connectivity index (χ1v) is 11.9. The number of benzene rings is 1.